The fourth-order valence-corrected chi connectivity index (χ4v) is 3.21. The highest BCUT2D eigenvalue weighted by Gasteiger charge is 2.40. The van der Waals surface area contributed by atoms with E-state index in [0.717, 1.165) is 19.3 Å². The monoisotopic (exact) mass is 320 g/mol. The summed E-state index contributed by atoms with van der Waals surface area (Å²) in [6.45, 7) is 3.13. The van der Waals surface area contributed by atoms with Crippen LogP contribution >= 0.6 is 0 Å². The molecule has 1 fully saturated rings. The Morgan fingerprint density at radius 3 is 2.24 bits per heavy atom. The van der Waals surface area contributed by atoms with Crippen LogP contribution in [0.25, 0.3) is 0 Å². The van der Waals surface area contributed by atoms with Crippen LogP contribution < -0.4 is 10.6 Å². The van der Waals surface area contributed by atoms with Crippen molar-refractivity contribution in [2.75, 3.05) is 12.3 Å². The molecule has 0 saturated heterocycles. The molecule has 7 nitrogen and oxygen atoms in total. The van der Waals surface area contributed by atoms with Gasteiger partial charge in [0.05, 0.1) is 11.0 Å². The summed E-state index contributed by atoms with van der Waals surface area (Å²) in [5.74, 6) is -1.19. The quantitative estimate of drug-likeness (QED) is 0.673. The maximum absolute atomic E-state index is 11.8. The van der Waals surface area contributed by atoms with Gasteiger partial charge in [0.25, 0.3) is 0 Å². The van der Waals surface area contributed by atoms with Gasteiger partial charge in [-0.15, -0.1) is 0 Å². The molecule has 0 aromatic heterocycles. The average molecular weight is 320 g/mol. The van der Waals surface area contributed by atoms with E-state index >= 15 is 0 Å². The lowest BCUT2D eigenvalue weighted by Crippen LogP contribution is -2.58. The van der Waals surface area contributed by atoms with Crippen LogP contribution in [-0.4, -0.2) is 48.6 Å². The first-order chi connectivity index (χ1) is 9.69. The van der Waals surface area contributed by atoms with Gasteiger partial charge in [-0.05, 0) is 26.7 Å². The van der Waals surface area contributed by atoms with Crippen molar-refractivity contribution in [3.05, 3.63) is 0 Å². The molecule has 3 N–H and O–H groups in total. The minimum Gasteiger partial charge on any atom is -0.480 e. The number of sulfone groups is 1. The Bertz CT molecular complexity index is 481. The molecule has 0 spiro atoms. The van der Waals surface area contributed by atoms with Gasteiger partial charge in [-0.1, -0.05) is 19.3 Å². The number of carboxylic acid groups (broad SMARTS) is 1. The standard InChI is InChI=1S/C13H24N2O5S/c1-10(2)21(19,20)9-8-14-12(18)15-13(11(16)17)6-4-3-5-7-13/h10H,3-9H2,1-2H3,(H,16,17)(H2,14,15,18). The van der Waals surface area contributed by atoms with Crippen molar-refractivity contribution in [2.24, 2.45) is 0 Å². The molecule has 0 aromatic rings. The number of carbonyl (C=O) groups is 2. The SMILES string of the molecule is CC(C)S(=O)(=O)CCNC(=O)NC1(C(=O)O)CCCCC1. The number of carbonyl (C=O) groups excluding carboxylic acids is 1. The van der Waals surface area contributed by atoms with Gasteiger partial charge >= 0.3 is 12.0 Å². The van der Waals surface area contributed by atoms with Crippen LogP contribution in [0.3, 0.4) is 0 Å². The van der Waals surface area contributed by atoms with Crippen molar-refractivity contribution in [3.63, 3.8) is 0 Å². The third-order valence-corrected chi connectivity index (χ3v) is 6.07. The Morgan fingerprint density at radius 1 is 1.19 bits per heavy atom. The molecule has 0 aliphatic heterocycles. The lowest BCUT2D eigenvalue weighted by molar-refractivity contribution is -0.145. The van der Waals surface area contributed by atoms with Crippen LogP contribution in [0, 0.1) is 0 Å². The maximum atomic E-state index is 11.8. The number of carboxylic acids is 1. The summed E-state index contributed by atoms with van der Waals surface area (Å²) in [6, 6.07) is -0.627. The fraction of sp³-hybridized carbons (Fsp3) is 0.846. The molecule has 21 heavy (non-hydrogen) atoms. The molecule has 8 heteroatoms. The van der Waals surface area contributed by atoms with E-state index in [1.165, 1.54) is 0 Å². The van der Waals surface area contributed by atoms with Gasteiger partial charge in [0, 0.05) is 6.54 Å². The highest BCUT2D eigenvalue weighted by atomic mass is 32.2. The zero-order valence-corrected chi connectivity index (χ0v) is 13.3. The van der Waals surface area contributed by atoms with E-state index < -0.39 is 32.6 Å². The molecule has 0 aromatic carbocycles. The van der Waals surface area contributed by atoms with E-state index in [1.54, 1.807) is 13.8 Å². The minimum atomic E-state index is -3.22. The summed E-state index contributed by atoms with van der Waals surface area (Å²) < 4.78 is 23.2. The van der Waals surface area contributed by atoms with Gasteiger partial charge in [0.15, 0.2) is 9.84 Å². The van der Waals surface area contributed by atoms with Crippen molar-refractivity contribution in [1.82, 2.24) is 10.6 Å². The van der Waals surface area contributed by atoms with E-state index in [-0.39, 0.29) is 12.3 Å². The molecule has 0 atom stereocenters. The fourth-order valence-electron chi connectivity index (χ4n) is 2.35. The number of nitrogens with one attached hydrogen (secondary N) is 2. The van der Waals surface area contributed by atoms with Gasteiger partial charge in [-0.3, -0.25) is 0 Å². The second-order valence-corrected chi connectivity index (χ2v) is 8.42. The third kappa shape index (κ3) is 4.87. The summed E-state index contributed by atoms with van der Waals surface area (Å²) in [6.07, 6.45) is 3.29. The van der Waals surface area contributed by atoms with Gasteiger partial charge in [0.2, 0.25) is 0 Å². The first-order valence-corrected chi connectivity index (χ1v) is 8.92. The summed E-state index contributed by atoms with van der Waals surface area (Å²) in [5.41, 5.74) is -1.22. The summed E-state index contributed by atoms with van der Waals surface area (Å²) in [7, 11) is -3.22. The van der Waals surface area contributed by atoms with Crippen LogP contribution in [0.15, 0.2) is 0 Å². The lowest BCUT2D eigenvalue weighted by Gasteiger charge is -2.33. The summed E-state index contributed by atoms with van der Waals surface area (Å²) >= 11 is 0. The summed E-state index contributed by atoms with van der Waals surface area (Å²) in [5, 5.41) is 13.8. The Balaban J connectivity index is 2.50. The van der Waals surface area contributed by atoms with Crippen molar-refractivity contribution in [1.29, 1.82) is 0 Å². The van der Waals surface area contributed by atoms with E-state index in [1.807, 2.05) is 0 Å². The predicted molar refractivity (Wildman–Crippen MR) is 78.9 cm³/mol. The van der Waals surface area contributed by atoms with Crippen molar-refractivity contribution >= 4 is 21.8 Å². The van der Waals surface area contributed by atoms with Gasteiger partial charge in [-0.25, -0.2) is 18.0 Å². The highest BCUT2D eigenvalue weighted by molar-refractivity contribution is 7.92. The predicted octanol–water partition coefficient (Wildman–Crippen LogP) is 0.896. The Morgan fingerprint density at radius 2 is 1.76 bits per heavy atom. The van der Waals surface area contributed by atoms with Crippen LogP contribution in [0.2, 0.25) is 0 Å². The van der Waals surface area contributed by atoms with Crippen LogP contribution in [0.1, 0.15) is 46.0 Å². The smallest absolute Gasteiger partial charge is 0.329 e. The average Bonchev–Trinajstić information content (AvgIpc) is 2.39. The van der Waals surface area contributed by atoms with Crippen molar-refractivity contribution in [3.8, 4) is 0 Å². The number of rotatable bonds is 6. The first kappa shape index (κ1) is 17.7. The second kappa shape index (κ2) is 7.11. The zero-order chi connectivity index (χ0) is 16.1. The molecule has 0 unspecified atom stereocenters. The topological polar surface area (TPSA) is 113 Å². The number of hydrogen-bond acceptors (Lipinski definition) is 4. The normalized spacial score (nSPS) is 18.2. The summed E-state index contributed by atoms with van der Waals surface area (Å²) in [4.78, 5) is 23.2. The molecule has 122 valence electrons. The Hall–Kier alpha value is -1.31. The van der Waals surface area contributed by atoms with E-state index in [4.69, 9.17) is 0 Å². The Labute approximate surface area is 125 Å². The highest BCUT2D eigenvalue weighted by Crippen LogP contribution is 2.28. The lowest BCUT2D eigenvalue weighted by atomic mass is 9.82. The molecule has 0 radical (unpaired) electrons. The molecule has 1 aliphatic rings. The Kier molecular flexibility index (Phi) is 6.00. The largest absolute Gasteiger partial charge is 0.480 e. The van der Waals surface area contributed by atoms with Crippen LogP contribution in [-0.2, 0) is 14.6 Å². The zero-order valence-electron chi connectivity index (χ0n) is 12.5. The van der Waals surface area contributed by atoms with Gasteiger partial charge < -0.3 is 15.7 Å². The number of hydrogen-bond donors (Lipinski definition) is 3. The van der Waals surface area contributed by atoms with E-state index in [9.17, 15) is 23.1 Å². The van der Waals surface area contributed by atoms with Crippen molar-refractivity contribution < 1.29 is 23.1 Å². The van der Waals surface area contributed by atoms with Crippen molar-refractivity contribution in [2.45, 2.75) is 56.7 Å². The molecule has 0 heterocycles. The van der Waals surface area contributed by atoms with E-state index in [0.29, 0.717) is 12.8 Å². The number of aliphatic carboxylic acids is 1. The molecule has 2 amide bonds. The second-order valence-electron chi connectivity index (χ2n) is 5.74. The van der Waals surface area contributed by atoms with Gasteiger partial charge in [0.1, 0.15) is 5.54 Å². The molecular formula is C13H24N2O5S. The minimum absolute atomic E-state index is 0.0257. The molecular weight excluding hydrogens is 296 g/mol. The van der Waals surface area contributed by atoms with Gasteiger partial charge in [-0.2, -0.15) is 0 Å². The van der Waals surface area contributed by atoms with Crippen LogP contribution in [0.5, 0.6) is 0 Å². The number of amides is 2. The first-order valence-electron chi connectivity index (χ1n) is 7.20. The third-order valence-electron chi connectivity index (χ3n) is 3.86. The molecule has 1 saturated carbocycles. The maximum Gasteiger partial charge on any atom is 0.329 e. The molecule has 0 bridgehead atoms. The molecule has 1 rings (SSSR count). The van der Waals surface area contributed by atoms with Crippen LogP contribution in [0.4, 0.5) is 4.79 Å². The van der Waals surface area contributed by atoms with E-state index in [2.05, 4.69) is 10.6 Å². The molecule has 1 aliphatic carbocycles. The number of urea groups is 1.